The van der Waals surface area contributed by atoms with Crippen LogP contribution in [0.1, 0.15) is 19.3 Å². The monoisotopic (exact) mass is 382 g/mol. The van der Waals surface area contributed by atoms with E-state index in [0.29, 0.717) is 22.5 Å². The minimum Gasteiger partial charge on any atom is -0.353 e. The summed E-state index contributed by atoms with van der Waals surface area (Å²) in [6.07, 6.45) is 4.00. The first-order valence-corrected chi connectivity index (χ1v) is 10.2. The summed E-state index contributed by atoms with van der Waals surface area (Å²) in [5.74, 6) is -0.148. The van der Waals surface area contributed by atoms with Gasteiger partial charge in [0.05, 0.1) is 28.8 Å². The molecule has 0 amide bonds. The summed E-state index contributed by atoms with van der Waals surface area (Å²) in [5, 5.41) is 9.93. The molecule has 0 N–H and O–H groups in total. The number of fused-ring (bicyclic) bond motifs is 1. The van der Waals surface area contributed by atoms with Crippen LogP contribution in [0.5, 0.6) is 0 Å². The Bertz CT molecular complexity index is 895. The van der Waals surface area contributed by atoms with Crippen molar-refractivity contribution in [2.75, 3.05) is 19.0 Å². The summed E-state index contributed by atoms with van der Waals surface area (Å²) in [4.78, 5) is 0.174. The third-order valence-electron chi connectivity index (χ3n) is 4.18. The van der Waals surface area contributed by atoms with Crippen molar-refractivity contribution in [3.63, 3.8) is 0 Å². The maximum absolute atomic E-state index is 12.8. The average molecular weight is 383 g/mol. The zero-order valence-corrected chi connectivity index (χ0v) is 15.2. The van der Waals surface area contributed by atoms with E-state index in [1.807, 2.05) is 6.07 Å². The van der Waals surface area contributed by atoms with Crippen LogP contribution in [-0.2, 0) is 25.9 Å². The van der Waals surface area contributed by atoms with Crippen LogP contribution < -0.4 is 0 Å². The molecule has 6 nitrogen and oxygen atoms in total. The lowest BCUT2D eigenvalue weighted by atomic mass is 10.2. The Hall–Kier alpha value is -1.59. The van der Waals surface area contributed by atoms with Crippen molar-refractivity contribution < 1.29 is 17.9 Å². The fourth-order valence-electron chi connectivity index (χ4n) is 2.93. The van der Waals surface area contributed by atoms with E-state index in [4.69, 9.17) is 26.3 Å². The highest BCUT2D eigenvalue weighted by Gasteiger charge is 2.23. The van der Waals surface area contributed by atoms with Crippen LogP contribution in [-0.4, -0.2) is 38.2 Å². The molecule has 1 aliphatic heterocycles. The number of ether oxygens (including phenoxy) is 2. The van der Waals surface area contributed by atoms with E-state index in [9.17, 15) is 8.42 Å². The van der Waals surface area contributed by atoms with Gasteiger partial charge in [0, 0.05) is 23.2 Å². The maximum Gasteiger partial charge on any atom is 0.182 e. The van der Waals surface area contributed by atoms with Crippen molar-refractivity contribution in [2.45, 2.75) is 37.0 Å². The van der Waals surface area contributed by atoms with Gasteiger partial charge in [0.1, 0.15) is 6.54 Å². The summed E-state index contributed by atoms with van der Waals surface area (Å²) < 4.78 is 38.1. The number of halogens is 1. The van der Waals surface area contributed by atoms with Crippen molar-refractivity contribution in [1.29, 1.82) is 5.26 Å². The van der Waals surface area contributed by atoms with Gasteiger partial charge in [-0.2, -0.15) is 5.26 Å². The molecule has 1 unspecified atom stereocenters. The first kappa shape index (κ1) is 18.2. The predicted octanol–water partition coefficient (Wildman–Crippen LogP) is 3.14. The first-order valence-electron chi connectivity index (χ1n) is 8.12. The second-order valence-electron chi connectivity index (χ2n) is 5.93. The highest BCUT2D eigenvalue weighted by Crippen LogP contribution is 2.29. The number of nitrogens with zero attached hydrogens (tertiary/aromatic N) is 2. The number of sulfone groups is 1. The van der Waals surface area contributed by atoms with Crippen molar-refractivity contribution in [2.24, 2.45) is 0 Å². The number of benzene rings is 1. The molecule has 1 aliphatic rings. The Morgan fingerprint density at radius 3 is 2.96 bits per heavy atom. The van der Waals surface area contributed by atoms with Crippen LogP contribution in [0, 0.1) is 11.3 Å². The highest BCUT2D eigenvalue weighted by molar-refractivity contribution is 7.91. The lowest BCUT2D eigenvalue weighted by Crippen LogP contribution is -2.25. The highest BCUT2D eigenvalue weighted by atomic mass is 35.5. The van der Waals surface area contributed by atoms with Gasteiger partial charge in [0.25, 0.3) is 0 Å². The van der Waals surface area contributed by atoms with Crippen molar-refractivity contribution in [3.8, 4) is 6.07 Å². The molecular weight excluding hydrogens is 364 g/mol. The fourth-order valence-corrected chi connectivity index (χ4v) is 4.43. The zero-order chi connectivity index (χ0) is 17.9. The molecule has 1 atom stereocenters. The molecule has 0 aliphatic carbocycles. The standard InChI is InChI=1S/C17H19ClN2O4S/c18-13-4-5-15-14(11-13)16(12-20(15)7-6-19)25(21,22)10-9-24-17-3-1-2-8-23-17/h4-5,11-12,17H,1-3,7-10H2. The SMILES string of the molecule is N#CCn1cc(S(=O)(=O)CCOC2CCCCO2)c2cc(Cl)ccc21. The Morgan fingerprint density at radius 2 is 2.24 bits per heavy atom. The normalized spacial score (nSPS) is 18.3. The predicted molar refractivity (Wildman–Crippen MR) is 94.2 cm³/mol. The minimum absolute atomic E-state index is 0.0679. The molecule has 134 valence electrons. The molecular formula is C17H19ClN2O4S. The van der Waals surface area contributed by atoms with Gasteiger partial charge < -0.3 is 14.0 Å². The molecule has 0 bridgehead atoms. The van der Waals surface area contributed by atoms with Gasteiger partial charge in [-0.15, -0.1) is 0 Å². The molecule has 0 spiro atoms. The molecule has 0 radical (unpaired) electrons. The topological polar surface area (TPSA) is 81.3 Å². The molecule has 1 aromatic carbocycles. The lowest BCUT2D eigenvalue weighted by molar-refractivity contribution is -0.158. The van der Waals surface area contributed by atoms with Crippen LogP contribution in [0.2, 0.25) is 5.02 Å². The van der Waals surface area contributed by atoms with Gasteiger partial charge in [-0.25, -0.2) is 8.42 Å². The number of rotatable bonds is 6. The van der Waals surface area contributed by atoms with E-state index in [-0.39, 0.29) is 30.1 Å². The van der Waals surface area contributed by atoms with Gasteiger partial charge in [-0.05, 0) is 37.5 Å². The van der Waals surface area contributed by atoms with E-state index < -0.39 is 9.84 Å². The molecule has 2 aromatic rings. The number of nitriles is 1. The quantitative estimate of drug-likeness (QED) is 0.766. The first-order chi connectivity index (χ1) is 12.0. The van der Waals surface area contributed by atoms with Crippen LogP contribution in [0.15, 0.2) is 29.3 Å². The largest absolute Gasteiger partial charge is 0.353 e. The summed E-state index contributed by atoms with van der Waals surface area (Å²) in [6, 6.07) is 7.05. The van der Waals surface area contributed by atoms with Gasteiger partial charge in [0.15, 0.2) is 16.1 Å². The van der Waals surface area contributed by atoms with Gasteiger partial charge in [0.2, 0.25) is 0 Å². The van der Waals surface area contributed by atoms with E-state index in [0.717, 1.165) is 19.3 Å². The fraction of sp³-hybridized carbons (Fsp3) is 0.471. The van der Waals surface area contributed by atoms with Crippen molar-refractivity contribution >= 4 is 32.3 Å². The molecule has 0 saturated carbocycles. The number of aromatic nitrogens is 1. The molecule has 3 rings (SSSR count). The zero-order valence-electron chi connectivity index (χ0n) is 13.7. The van der Waals surface area contributed by atoms with Gasteiger partial charge in [-0.3, -0.25) is 0 Å². The third-order valence-corrected chi connectivity index (χ3v) is 6.11. The van der Waals surface area contributed by atoms with Crippen LogP contribution in [0.3, 0.4) is 0 Å². The van der Waals surface area contributed by atoms with E-state index in [1.54, 1.807) is 22.8 Å². The molecule has 1 saturated heterocycles. The summed E-state index contributed by atoms with van der Waals surface area (Å²) in [6.45, 7) is 0.788. The Balaban J connectivity index is 1.81. The lowest BCUT2D eigenvalue weighted by Gasteiger charge is -2.22. The second-order valence-corrected chi connectivity index (χ2v) is 8.44. The van der Waals surface area contributed by atoms with Crippen molar-refractivity contribution in [1.82, 2.24) is 4.57 Å². The Morgan fingerprint density at radius 1 is 1.40 bits per heavy atom. The average Bonchev–Trinajstić information content (AvgIpc) is 2.95. The molecule has 2 heterocycles. The van der Waals surface area contributed by atoms with Crippen LogP contribution in [0.25, 0.3) is 10.9 Å². The Labute approximate surface area is 151 Å². The van der Waals surface area contributed by atoms with E-state index >= 15 is 0 Å². The van der Waals surface area contributed by atoms with Crippen LogP contribution >= 0.6 is 11.6 Å². The third kappa shape index (κ3) is 4.15. The smallest absolute Gasteiger partial charge is 0.182 e. The maximum atomic E-state index is 12.8. The minimum atomic E-state index is -3.57. The van der Waals surface area contributed by atoms with Gasteiger partial charge in [-0.1, -0.05) is 11.6 Å². The summed E-state index contributed by atoms with van der Waals surface area (Å²) in [5.41, 5.74) is 0.668. The van der Waals surface area contributed by atoms with Crippen molar-refractivity contribution in [3.05, 3.63) is 29.4 Å². The molecule has 8 heteroatoms. The summed E-state index contributed by atoms with van der Waals surface area (Å²) in [7, 11) is -3.57. The Kier molecular flexibility index (Phi) is 5.64. The molecule has 1 aromatic heterocycles. The van der Waals surface area contributed by atoms with E-state index in [1.165, 1.54) is 6.20 Å². The number of hydrogen-bond acceptors (Lipinski definition) is 5. The van der Waals surface area contributed by atoms with Gasteiger partial charge >= 0.3 is 0 Å². The second kappa shape index (κ2) is 7.75. The summed E-state index contributed by atoms with van der Waals surface area (Å²) >= 11 is 6.02. The molecule has 25 heavy (non-hydrogen) atoms. The van der Waals surface area contributed by atoms with E-state index in [2.05, 4.69) is 0 Å². The molecule has 1 fully saturated rings. The van der Waals surface area contributed by atoms with Crippen LogP contribution in [0.4, 0.5) is 0 Å². The number of hydrogen-bond donors (Lipinski definition) is 0.